The van der Waals surface area contributed by atoms with Crippen molar-refractivity contribution in [2.45, 2.75) is 39.3 Å². The molecule has 0 aromatic heterocycles. The SMILES string of the molecule is COc1ccc(C[C@@H](NC(=O)[C@H](NC(C)=O)C(C)C)C(=O)O)cc1. The molecule has 0 radical (unpaired) electrons. The highest BCUT2D eigenvalue weighted by molar-refractivity contribution is 5.90. The third-order valence-electron chi connectivity index (χ3n) is 3.52. The van der Waals surface area contributed by atoms with Crippen LogP contribution in [0.25, 0.3) is 0 Å². The zero-order valence-corrected chi connectivity index (χ0v) is 14.3. The van der Waals surface area contributed by atoms with Gasteiger partial charge in [0.1, 0.15) is 17.8 Å². The minimum absolute atomic E-state index is 0.135. The molecule has 0 aliphatic carbocycles. The third-order valence-corrected chi connectivity index (χ3v) is 3.52. The largest absolute Gasteiger partial charge is 0.497 e. The van der Waals surface area contributed by atoms with E-state index < -0.39 is 24.0 Å². The van der Waals surface area contributed by atoms with E-state index in [2.05, 4.69) is 10.6 Å². The number of carbonyl (C=O) groups excluding carboxylic acids is 2. The molecule has 2 atom stereocenters. The summed E-state index contributed by atoms with van der Waals surface area (Å²) in [5.74, 6) is -1.49. The first-order valence-electron chi connectivity index (χ1n) is 7.67. The highest BCUT2D eigenvalue weighted by Gasteiger charge is 2.28. The van der Waals surface area contributed by atoms with Gasteiger partial charge in [0.25, 0.3) is 0 Å². The molecule has 0 aliphatic heterocycles. The van der Waals surface area contributed by atoms with Crippen molar-refractivity contribution in [1.29, 1.82) is 0 Å². The number of carboxylic acids is 1. The fourth-order valence-electron chi connectivity index (χ4n) is 2.21. The van der Waals surface area contributed by atoms with E-state index in [4.69, 9.17) is 4.74 Å². The molecule has 1 aromatic carbocycles. The lowest BCUT2D eigenvalue weighted by Crippen LogP contribution is -2.53. The van der Waals surface area contributed by atoms with E-state index in [0.29, 0.717) is 5.75 Å². The summed E-state index contributed by atoms with van der Waals surface area (Å²) in [7, 11) is 1.54. The van der Waals surface area contributed by atoms with Crippen LogP contribution in [0.2, 0.25) is 0 Å². The van der Waals surface area contributed by atoms with Crippen molar-refractivity contribution in [2.24, 2.45) is 5.92 Å². The van der Waals surface area contributed by atoms with Crippen molar-refractivity contribution in [2.75, 3.05) is 7.11 Å². The molecule has 3 N–H and O–H groups in total. The van der Waals surface area contributed by atoms with Crippen LogP contribution in [0.4, 0.5) is 0 Å². The fraction of sp³-hybridized carbons (Fsp3) is 0.471. The molecule has 1 rings (SSSR count). The molecule has 0 aliphatic rings. The molecule has 7 heteroatoms. The lowest BCUT2D eigenvalue weighted by atomic mass is 10.0. The van der Waals surface area contributed by atoms with Crippen LogP contribution >= 0.6 is 0 Å². The zero-order valence-electron chi connectivity index (χ0n) is 14.3. The van der Waals surface area contributed by atoms with E-state index in [1.165, 1.54) is 6.92 Å². The van der Waals surface area contributed by atoms with E-state index >= 15 is 0 Å². The van der Waals surface area contributed by atoms with Gasteiger partial charge in [0.15, 0.2) is 0 Å². The first-order valence-corrected chi connectivity index (χ1v) is 7.67. The van der Waals surface area contributed by atoms with Crippen LogP contribution in [-0.2, 0) is 20.8 Å². The van der Waals surface area contributed by atoms with Crippen molar-refractivity contribution < 1.29 is 24.2 Å². The van der Waals surface area contributed by atoms with Crippen LogP contribution in [0.1, 0.15) is 26.3 Å². The van der Waals surface area contributed by atoms with Gasteiger partial charge in [0.2, 0.25) is 11.8 Å². The lowest BCUT2D eigenvalue weighted by Gasteiger charge is -2.23. The molecule has 0 fully saturated rings. The molecule has 0 heterocycles. The van der Waals surface area contributed by atoms with Crippen molar-refractivity contribution in [3.05, 3.63) is 29.8 Å². The molecule has 0 unspecified atom stereocenters. The quantitative estimate of drug-likeness (QED) is 0.656. The minimum atomic E-state index is -1.13. The number of hydrogen-bond donors (Lipinski definition) is 3. The van der Waals surface area contributed by atoms with Gasteiger partial charge in [0.05, 0.1) is 7.11 Å². The predicted octanol–water partition coefficient (Wildman–Crippen LogP) is 0.968. The maximum absolute atomic E-state index is 12.3. The number of carboxylic acid groups (broad SMARTS) is 1. The van der Waals surface area contributed by atoms with Gasteiger partial charge in [-0.15, -0.1) is 0 Å². The van der Waals surface area contributed by atoms with E-state index in [-0.39, 0.29) is 18.2 Å². The second kappa shape index (κ2) is 8.90. The molecule has 1 aromatic rings. The van der Waals surface area contributed by atoms with Crippen molar-refractivity contribution in [3.8, 4) is 5.75 Å². The van der Waals surface area contributed by atoms with Crippen molar-refractivity contribution >= 4 is 17.8 Å². The van der Waals surface area contributed by atoms with Crippen LogP contribution in [0.3, 0.4) is 0 Å². The van der Waals surface area contributed by atoms with Crippen LogP contribution in [0, 0.1) is 5.92 Å². The van der Waals surface area contributed by atoms with Crippen molar-refractivity contribution in [3.63, 3.8) is 0 Å². The number of amides is 2. The van der Waals surface area contributed by atoms with Gasteiger partial charge in [-0.3, -0.25) is 9.59 Å². The summed E-state index contributed by atoms with van der Waals surface area (Å²) in [6, 6.07) is 5.08. The summed E-state index contributed by atoms with van der Waals surface area (Å²) >= 11 is 0. The zero-order chi connectivity index (χ0) is 18.3. The predicted molar refractivity (Wildman–Crippen MR) is 88.7 cm³/mol. The standard InChI is InChI=1S/C17H24N2O5/c1-10(2)15(18-11(3)20)16(21)19-14(17(22)23)9-12-5-7-13(24-4)8-6-12/h5-8,10,14-15H,9H2,1-4H3,(H,18,20)(H,19,21)(H,22,23)/t14-,15-/m1/s1. The van der Waals surface area contributed by atoms with Gasteiger partial charge >= 0.3 is 5.97 Å². The number of benzene rings is 1. The summed E-state index contributed by atoms with van der Waals surface area (Å²) < 4.78 is 5.05. The number of ether oxygens (including phenoxy) is 1. The van der Waals surface area contributed by atoms with Crippen LogP contribution in [0.5, 0.6) is 5.75 Å². The molecule has 0 saturated carbocycles. The highest BCUT2D eigenvalue weighted by atomic mass is 16.5. The molecule has 24 heavy (non-hydrogen) atoms. The van der Waals surface area contributed by atoms with Gasteiger partial charge in [0, 0.05) is 13.3 Å². The Morgan fingerprint density at radius 2 is 1.71 bits per heavy atom. The molecular formula is C17H24N2O5. The summed E-state index contributed by atoms with van der Waals surface area (Å²) in [6.07, 6.45) is 0.135. The first kappa shape index (κ1) is 19.5. The van der Waals surface area contributed by atoms with E-state index in [1.54, 1.807) is 45.2 Å². The Morgan fingerprint density at radius 3 is 2.12 bits per heavy atom. The van der Waals surface area contributed by atoms with Gasteiger partial charge in [-0.1, -0.05) is 26.0 Å². The Bertz CT molecular complexity index is 583. The summed E-state index contributed by atoms with van der Waals surface area (Å²) in [6.45, 7) is 4.87. The molecule has 132 valence electrons. The van der Waals surface area contributed by atoms with Crippen LogP contribution in [-0.4, -0.2) is 42.1 Å². The molecular weight excluding hydrogens is 312 g/mol. The number of hydrogen-bond acceptors (Lipinski definition) is 4. The highest BCUT2D eigenvalue weighted by Crippen LogP contribution is 2.13. The Hall–Kier alpha value is -2.57. The van der Waals surface area contributed by atoms with Gasteiger partial charge in [-0.05, 0) is 23.6 Å². The first-order chi connectivity index (χ1) is 11.2. The topological polar surface area (TPSA) is 105 Å². The Labute approximate surface area is 141 Å². The Kier molecular flexibility index (Phi) is 7.23. The number of rotatable bonds is 8. The number of methoxy groups -OCH3 is 1. The average Bonchev–Trinajstić information content (AvgIpc) is 2.52. The van der Waals surface area contributed by atoms with Gasteiger partial charge < -0.3 is 20.5 Å². The monoisotopic (exact) mass is 336 g/mol. The second-order valence-electron chi connectivity index (χ2n) is 5.87. The number of carbonyl (C=O) groups is 3. The molecule has 2 amide bonds. The smallest absolute Gasteiger partial charge is 0.326 e. The van der Waals surface area contributed by atoms with E-state index in [0.717, 1.165) is 5.56 Å². The Balaban J connectivity index is 2.81. The van der Waals surface area contributed by atoms with E-state index in [1.807, 2.05) is 0 Å². The normalized spacial score (nSPS) is 13.0. The fourth-order valence-corrected chi connectivity index (χ4v) is 2.21. The maximum atomic E-state index is 12.3. The molecule has 0 bridgehead atoms. The van der Waals surface area contributed by atoms with Crippen LogP contribution < -0.4 is 15.4 Å². The molecule has 0 saturated heterocycles. The van der Waals surface area contributed by atoms with Gasteiger partial charge in [-0.25, -0.2) is 4.79 Å². The summed E-state index contributed by atoms with van der Waals surface area (Å²) in [5, 5.41) is 14.4. The molecule has 7 nitrogen and oxygen atoms in total. The minimum Gasteiger partial charge on any atom is -0.497 e. The number of nitrogens with one attached hydrogen (secondary N) is 2. The Morgan fingerprint density at radius 1 is 1.12 bits per heavy atom. The second-order valence-corrected chi connectivity index (χ2v) is 5.87. The van der Waals surface area contributed by atoms with Crippen molar-refractivity contribution in [1.82, 2.24) is 10.6 Å². The number of aliphatic carboxylic acids is 1. The maximum Gasteiger partial charge on any atom is 0.326 e. The lowest BCUT2D eigenvalue weighted by molar-refractivity contribution is -0.142. The summed E-state index contributed by atoms with van der Waals surface area (Å²) in [5.41, 5.74) is 0.754. The van der Waals surface area contributed by atoms with Crippen LogP contribution in [0.15, 0.2) is 24.3 Å². The third kappa shape index (κ3) is 5.91. The average molecular weight is 336 g/mol. The van der Waals surface area contributed by atoms with E-state index in [9.17, 15) is 19.5 Å². The molecule has 0 spiro atoms. The van der Waals surface area contributed by atoms with Gasteiger partial charge in [-0.2, -0.15) is 0 Å². The summed E-state index contributed by atoms with van der Waals surface area (Å²) in [4.78, 5) is 35.0.